The van der Waals surface area contributed by atoms with Gasteiger partial charge in [0.2, 0.25) is 5.91 Å². The van der Waals surface area contributed by atoms with Gasteiger partial charge in [0.05, 0.1) is 0 Å². The minimum Gasteiger partial charge on any atom is -0.369 e. The lowest BCUT2D eigenvalue weighted by molar-refractivity contribution is -0.117. The molecule has 86 valence electrons. The molecule has 2 heteroatoms. The molecule has 0 spiro atoms. The molecule has 2 N–H and O–H groups in total. The van der Waals surface area contributed by atoms with Crippen LogP contribution < -0.4 is 5.73 Å². The van der Waals surface area contributed by atoms with Gasteiger partial charge in [0.1, 0.15) is 0 Å². The Kier molecular flexibility index (Phi) is 3.24. The summed E-state index contributed by atoms with van der Waals surface area (Å²) in [6, 6.07) is 12.4. The highest BCUT2D eigenvalue weighted by atomic mass is 16.1. The van der Waals surface area contributed by atoms with Gasteiger partial charge in [-0.15, -0.1) is 0 Å². The fourth-order valence-corrected chi connectivity index (χ4v) is 1.92. The molecule has 0 saturated heterocycles. The Balaban J connectivity index is 2.45. The van der Waals surface area contributed by atoms with Crippen molar-refractivity contribution < 1.29 is 4.79 Å². The standard InChI is InChI=1S/C15H15NO/c1-11-9-10-12(5-4-8-15(16)17)14-7-3-2-6-13(11)14/h2-7,9-10H,8H2,1H3,(H2,16,17). The first-order chi connectivity index (χ1) is 8.18. The fourth-order valence-electron chi connectivity index (χ4n) is 1.92. The Morgan fingerprint density at radius 2 is 1.88 bits per heavy atom. The number of amides is 1. The van der Waals surface area contributed by atoms with Crippen LogP contribution in [0.3, 0.4) is 0 Å². The molecule has 2 nitrogen and oxygen atoms in total. The van der Waals surface area contributed by atoms with Crippen LogP contribution in [-0.2, 0) is 4.79 Å². The summed E-state index contributed by atoms with van der Waals surface area (Å²) in [6.45, 7) is 2.10. The Morgan fingerprint density at radius 3 is 2.59 bits per heavy atom. The van der Waals surface area contributed by atoms with Gasteiger partial charge in [-0.25, -0.2) is 0 Å². The zero-order valence-electron chi connectivity index (χ0n) is 9.81. The second kappa shape index (κ2) is 4.83. The molecule has 0 heterocycles. The molecule has 0 saturated carbocycles. The van der Waals surface area contributed by atoms with Gasteiger partial charge in [0.25, 0.3) is 0 Å². The van der Waals surface area contributed by atoms with Crippen molar-refractivity contribution in [3.8, 4) is 0 Å². The predicted molar refractivity (Wildman–Crippen MR) is 71.5 cm³/mol. The Bertz CT molecular complexity index is 584. The molecular weight excluding hydrogens is 210 g/mol. The number of hydrogen-bond donors (Lipinski definition) is 1. The van der Waals surface area contributed by atoms with Crippen LogP contribution >= 0.6 is 0 Å². The summed E-state index contributed by atoms with van der Waals surface area (Å²) in [5.41, 5.74) is 7.48. The molecule has 0 aliphatic rings. The van der Waals surface area contributed by atoms with E-state index in [9.17, 15) is 4.79 Å². The van der Waals surface area contributed by atoms with Crippen LogP contribution in [-0.4, -0.2) is 5.91 Å². The lowest BCUT2D eigenvalue weighted by Gasteiger charge is -2.05. The number of rotatable bonds is 3. The molecule has 17 heavy (non-hydrogen) atoms. The van der Waals surface area contributed by atoms with E-state index >= 15 is 0 Å². The second-order valence-electron chi connectivity index (χ2n) is 4.09. The second-order valence-corrected chi connectivity index (χ2v) is 4.09. The third kappa shape index (κ3) is 2.53. The van der Waals surface area contributed by atoms with E-state index in [4.69, 9.17) is 5.73 Å². The highest BCUT2D eigenvalue weighted by molar-refractivity contribution is 5.93. The molecule has 2 aromatic rings. The number of aryl methyl sites for hydroxylation is 1. The first-order valence-electron chi connectivity index (χ1n) is 5.61. The summed E-state index contributed by atoms with van der Waals surface area (Å²) in [7, 11) is 0. The molecule has 2 aromatic carbocycles. The summed E-state index contributed by atoms with van der Waals surface area (Å²) >= 11 is 0. The number of primary amides is 1. The molecule has 2 rings (SSSR count). The highest BCUT2D eigenvalue weighted by Gasteiger charge is 2.00. The van der Waals surface area contributed by atoms with E-state index < -0.39 is 0 Å². The highest BCUT2D eigenvalue weighted by Crippen LogP contribution is 2.23. The smallest absolute Gasteiger partial charge is 0.221 e. The molecule has 0 radical (unpaired) electrons. The molecule has 0 bridgehead atoms. The number of carbonyl (C=O) groups excluding carboxylic acids is 1. The minimum atomic E-state index is -0.308. The van der Waals surface area contributed by atoms with E-state index in [-0.39, 0.29) is 12.3 Å². The summed E-state index contributed by atoms with van der Waals surface area (Å²) in [5.74, 6) is -0.308. The molecule has 0 fully saturated rings. The van der Waals surface area contributed by atoms with Gasteiger partial charge in [0, 0.05) is 6.42 Å². The monoisotopic (exact) mass is 225 g/mol. The third-order valence-electron chi connectivity index (χ3n) is 2.79. The average Bonchev–Trinajstić information content (AvgIpc) is 2.32. The number of nitrogens with two attached hydrogens (primary N) is 1. The van der Waals surface area contributed by atoms with Gasteiger partial charge < -0.3 is 5.73 Å². The van der Waals surface area contributed by atoms with Crippen molar-refractivity contribution in [1.29, 1.82) is 0 Å². The quantitative estimate of drug-likeness (QED) is 0.857. The topological polar surface area (TPSA) is 43.1 Å². The number of hydrogen-bond acceptors (Lipinski definition) is 1. The van der Waals surface area contributed by atoms with Crippen molar-refractivity contribution in [3.05, 3.63) is 53.6 Å². The van der Waals surface area contributed by atoms with E-state index in [1.54, 1.807) is 6.08 Å². The Hall–Kier alpha value is -2.09. The van der Waals surface area contributed by atoms with Crippen LogP contribution in [0.2, 0.25) is 0 Å². The van der Waals surface area contributed by atoms with Gasteiger partial charge in [-0.3, -0.25) is 4.79 Å². The molecular formula is C15H15NO. The summed E-state index contributed by atoms with van der Waals surface area (Å²) in [4.78, 5) is 10.7. The molecule has 0 aromatic heterocycles. The van der Waals surface area contributed by atoms with Crippen LogP contribution in [0.15, 0.2) is 42.5 Å². The SMILES string of the molecule is Cc1ccc(C=CCC(N)=O)c2ccccc12. The maximum atomic E-state index is 10.7. The lowest BCUT2D eigenvalue weighted by Crippen LogP contribution is -2.07. The zero-order chi connectivity index (χ0) is 12.3. The lowest BCUT2D eigenvalue weighted by atomic mass is 10.00. The minimum absolute atomic E-state index is 0.280. The summed E-state index contributed by atoms with van der Waals surface area (Å²) in [6.07, 6.45) is 4.04. The Morgan fingerprint density at radius 1 is 1.18 bits per heavy atom. The molecule has 1 amide bonds. The van der Waals surface area contributed by atoms with Crippen molar-refractivity contribution >= 4 is 22.8 Å². The Labute approximate surface area is 101 Å². The van der Waals surface area contributed by atoms with Crippen LogP contribution in [0, 0.1) is 6.92 Å². The van der Waals surface area contributed by atoms with Crippen LogP contribution in [0.5, 0.6) is 0 Å². The van der Waals surface area contributed by atoms with Gasteiger partial charge in [-0.1, -0.05) is 48.6 Å². The molecule has 0 atom stereocenters. The van der Waals surface area contributed by atoms with Crippen molar-refractivity contribution in [2.75, 3.05) is 0 Å². The van der Waals surface area contributed by atoms with E-state index in [2.05, 4.69) is 31.2 Å². The molecule has 0 aliphatic heterocycles. The van der Waals surface area contributed by atoms with E-state index in [0.29, 0.717) is 0 Å². The van der Waals surface area contributed by atoms with Gasteiger partial charge in [-0.05, 0) is 28.8 Å². The van der Waals surface area contributed by atoms with Crippen molar-refractivity contribution in [3.63, 3.8) is 0 Å². The fraction of sp³-hybridized carbons (Fsp3) is 0.133. The molecule has 0 unspecified atom stereocenters. The predicted octanol–water partition coefficient (Wildman–Crippen LogP) is 3.04. The van der Waals surface area contributed by atoms with E-state index in [0.717, 1.165) is 5.56 Å². The number of benzene rings is 2. The first-order valence-corrected chi connectivity index (χ1v) is 5.61. The maximum Gasteiger partial charge on any atom is 0.221 e. The summed E-state index contributed by atoms with van der Waals surface area (Å²) < 4.78 is 0. The van der Waals surface area contributed by atoms with Crippen molar-refractivity contribution in [2.24, 2.45) is 5.73 Å². The average molecular weight is 225 g/mol. The first kappa shape index (κ1) is 11.4. The van der Waals surface area contributed by atoms with E-state index in [1.807, 2.05) is 18.2 Å². The van der Waals surface area contributed by atoms with E-state index in [1.165, 1.54) is 16.3 Å². The largest absolute Gasteiger partial charge is 0.369 e. The zero-order valence-corrected chi connectivity index (χ0v) is 9.81. The van der Waals surface area contributed by atoms with Gasteiger partial charge in [0.15, 0.2) is 0 Å². The van der Waals surface area contributed by atoms with Gasteiger partial charge >= 0.3 is 0 Å². The maximum absolute atomic E-state index is 10.7. The number of carbonyl (C=O) groups is 1. The van der Waals surface area contributed by atoms with Crippen LogP contribution in [0.1, 0.15) is 17.5 Å². The van der Waals surface area contributed by atoms with Crippen LogP contribution in [0.25, 0.3) is 16.8 Å². The summed E-state index contributed by atoms with van der Waals surface area (Å²) in [5, 5.41) is 2.45. The van der Waals surface area contributed by atoms with Crippen LogP contribution in [0.4, 0.5) is 0 Å². The van der Waals surface area contributed by atoms with Crippen molar-refractivity contribution in [2.45, 2.75) is 13.3 Å². The van der Waals surface area contributed by atoms with Gasteiger partial charge in [-0.2, -0.15) is 0 Å². The van der Waals surface area contributed by atoms with Crippen molar-refractivity contribution in [1.82, 2.24) is 0 Å². The molecule has 0 aliphatic carbocycles. The normalized spacial score (nSPS) is 11.1. The number of fused-ring (bicyclic) bond motifs is 1. The third-order valence-corrected chi connectivity index (χ3v) is 2.79.